The van der Waals surface area contributed by atoms with Crippen molar-refractivity contribution < 1.29 is 18.3 Å². The summed E-state index contributed by atoms with van der Waals surface area (Å²) in [7, 11) is -3.16. The first-order valence-corrected chi connectivity index (χ1v) is 10.6. The van der Waals surface area contributed by atoms with Crippen LogP contribution in [0.15, 0.2) is 18.2 Å². The monoisotopic (exact) mass is 372 g/mol. The molecule has 1 rings (SSSR count). The molecule has 7 heteroatoms. The summed E-state index contributed by atoms with van der Waals surface area (Å²) in [5, 5.41) is 12.8. The lowest BCUT2D eigenvalue weighted by molar-refractivity contribution is 0.308. The summed E-state index contributed by atoms with van der Waals surface area (Å²) in [4.78, 5) is 0. The van der Waals surface area contributed by atoms with Crippen molar-refractivity contribution in [3.05, 3.63) is 18.2 Å². The van der Waals surface area contributed by atoms with Gasteiger partial charge < -0.3 is 15.2 Å². The van der Waals surface area contributed by atoms with E-state index in [1.807, 2.05) is 12.1 Å². The van der Waals surface area contributed by atoms with E-state index in [4.69, 9.17) is 4.74 Å². The van der Waals surface area contributed by atoms with E-state index in [2.05, 4.69) is 17.0 Å². The third-order valence-electron chi connectivity index (χ3n) is 3.83. The number of hydrogen-bond acceptors (Lipinski definition) is 5. The lowest BCUT2D eigenvalue weighted by Gasteiger charge is -2.11. The maximum absolute atomic E-state index is 11.6. The Labute approximate surface area is 152 Å². The molecule has 1 aromatic rings. The zero-order valence-electron chi connectivity index (χ0n) is 15.5. The Bertz CT molecular complexity index is 603. The smallest absolute Gasteiger partial charge is 0.213 e. The van der Waals surface area contributed by atoms with Crippen molar-refractivity contribution in [1.82, 2.24) is 4.72 Å². The molecule has 1 aromatic carbocycles. The van der Waals surface area contributed by atoms with Gasteiger partial charge in [0, 0.05) is 19.2 Å². The third kappa shape index (κ3) is 8.45. The second kappa shape index (κ2) is 11.2. The molecule has 6 nitrogen and oxygen atoms in total. The second-order valence-electron chi connectivity index (χ2n) is 6.36. The van der Waals surface area contributed by atoms with Gasteiger partial charge in [-0.2, -0.15) is 0 Å². The third-order valence-corrected chi connectivity index (χ3v) is 5.68. The lowest BCUT2D eigenvalue weighted by atomic mass is 10.2. The van der Waals surface area contributed by atoms with Crippen LogP contribution in [0.3, 0.4) is 0 Å². The van der Waals surface area contributed by atoms with Gasteiger partial charge in [-0.15, -0.1) is 0 Å². The number of sulfonamides is 1. The summed E-state index contributed by atoms with van der Waals surface area (Å²) in [6.45, 7) is 7.28. The number of hydrogen-bond donors (Lipinski definition) is 3. The van der Waals surface area contributed by atoms with Gasteiger partial charge in [-0.05, 0) is 45.2 Å². The maximum atomic E-state index is 11.6. The minimum absolute atomic E-state index is 0.179. The average Bonchev–Trinajstić information content (AvgIpc) is 2.55. The highest BCUT2D eigenvalue weighted by molar-refractivity contribution is 7.90. The van der Waals surface area contributed by atoms with Crippen LogP contribution < -0.4 is 14.8 Å². The molecule has 144 valence electrons. The van der Waals surface area contributed by atoms with Gasteiger partial charge in [-0.3, -0.25) is 0 Å². The summed E-state index contributed by atoms with van der Waals surface area (Å²) in [6, 6.07) is 5.28. The Hall–Kier alpha value is -1.47. The first-order chi connectivity index (χ1) is 11.9. The van der Waals surface area contributed by atoms with Crippen LogP contribution in [0.25, 0.3) is 0 Å². The number of anilines is 1. The van der Waals surface area contributed by atoms with E-state index < -0.39 is 15.3 Å². The van der Waals surface area contributed by atoms with Crippen LogP contribution in [-0.2, 0) is 10.0 Å². The fraction of sp³-hybridized carbons (Fsp3) is 0.667. The number of nitrogens with one attached hydrogen (secondary N) is 2. The van der Waals surface area contributed by atoms with Crippen LogP contribution in [0.1, 0.15) is 52.9 Å². The van der Waals surface area contributed by atoms with Gasteiger partial charge in [-0.25, -0.2) is 13.1 Å². The van der Waals surface area contributed by atoms with Crippen molar-refractivity contribution in [2.45, 2.75) is 58.1 Å². The molecular formula is C18H32N2O4S. The van der Waals surface area contributed by atoms with Crippen molar-refractivity contribution in [1.29, 1.82) is 0 Å². The number of rotatable bonds is 13. The van der Waals surface area contributed by atoms with Crippen LogP contribution in [0.2, 0.25) is 0 Å². The molecule has 0 saturated heterocycles. The van der Waals surface area contributed by atoms with Crippen molar-refractivity contribution in [2.24, 2.45) is 0 Å². The predicted molar refractivity (Wildman–Crippen MR) is 103 cm³/mol. The van der Waals surface area contributed by atoms with E-state index in [9.17, 15) is 13.5 Å². The van der Waals surface area contributed by atoms with Crippen molar-refractivity contribution in [3.8, 4) is 11.5 Å². The fourth-order valence-corrected chi connectivity index (χ4v) is 2.88. The Kier molecular flexibility index (Phi) is 9.67. The Balaban J connectivity index is 2.21. The van der Waals surface area contributed by atoms with Gasteiger partial charge in [0.15, 0.2) is 0 Å². The summed E-state index contributed by atoms with van der Waals surface area (Å²) >= 11 is 0. The quantitative estimate of drug-likeness (QED) is 0.364. The molecule has 0 aliphatic heterocycles. The van der Waals surface area contributed by atoms with E-state index >= 15 is 0 Å². The van der Waals surface area contributed by atoms with Crippen LogP contribution in [0.4, 0.5) is 5.69 Å². The fourth-order valence-electron chi connectivity index (χ4n) is 2.12. The van der Waals surface area contributed by atoms with Gasteiger partial charge in [-0.1, -0.05) is 19.8 Å². The zero-order valence-corrected chi connectivity index (χ0v) is 16.4. The molecule has 0 bridgehead atoms. The summed E-state index contributed by atoms with van der Waals surface area (Å²) in [5.74, 6) is 0.854. The SMILES string of the molecule is CCCCOc1ccc(NCCCCCNS(=O)(=O)C(C)C)c(O)c1. The Morgan fingerprint density at radius 2 is 1.84 bits per heavy atom. The van der Waals surface area contributed by atoms with E-state index in [0.29, 0.717) is 24.6 Å². The molecule has 0 amide bonds. The molecule has 3 N–H and O–H groups in total. The molecular weight excluding hydrogens is 340 g/mol. The number of aromatic hydroxyl groups is 1. The van der Waals surface area contributed by atoms with E-state index in [0.717, 1.165) is 38.6 Å². The van der Waals surface area contributed by atoms with Crippen LogP contribution >= 0.6 is 0 Å². The number of ether oxygens (including phenoxy) is 1. The number of phenols is 1. The maximum Gasteiger partial charge on any atom is 0.213 e. The second-order valence-corrected chi connectivity index (χ2v) is 8.68. The molecule has 0 spiro atoms. The van der Waals surface area contributed by atoms with Crippen LogP contribution in [0, 0.1) is 0 Å². The number of benzene rings is 1. The molecule has 0 aliphatic rings. The lowest BCUT2D eigenvalue weighted by Crippen LogP contribution is -2.31. The van der Waals surface area contributed by atoms with Crippen molar-refractivity contribution in [3.63, 3.8) is 0 Å². The number of unbranched alkanes of at least 4 members (excludes halogenated alkanes) is 3. The van der Waals surface area contributed by atoms with Crippen LogP contribution in [0.5, 0.6) is 11.5 Å². The first kappa shape index (κ1) is 21.6. The molecule has 0 aromatic heterocycles. The van der Waals surface area contributed by atoms with Gasteiger partial charge in [0.05, 0.1) is 17.5 Å². The number of phenolic OH excluding ortho intramolecular Hbond substituents is 1. The minimum Gasteiger partial charge on any atom is -0.506 e. The summed E-state index contributed by atoms with van der Waals surface area (Å²) in [6.07, 6.45) is 4.67. The molecule has 0 saturated carbocycles. The van der Waals surface area contributed by atoms with Crippen LogP contribution in [-0.4, -0.2) is 38.5 Å². The largest absolute Gasteiger partial charge is 0.506 e. The molecule has 0 aliphatic carbocycles. The predicted octanol–water partition coefficient (Wildman–Crippen LogP) is 3.48. The molecule has 0 heterocycles. The summed E-state index contributed by atoms with van der Waals surface area (Å²) in [5.41, 5.74) is 0.684. The van der Waals surface area contributed by atoms with Crippen molar-refractivity contribution >= 4 is 15.7 Å². The topological polar surface area (TPSA) is 87.7 Å². The zero-order chi connectivity index (χ0) is 18.7. The molecule has 0 unspecified atom stereocenters. The van der Waals surface area contributed by atoms with Gasteiger partial charge in [0.2, 0.25) is 10.0 Å². The highest BCUT2D eigenvalue weighted by atomic mass is 32.2. The van der Waals surface area contributed by atoms with Crippen molar-refractivity contribution in [2.75, 3.05) is 25.0 Å². The molecule has 0 fully saturated rings. The minimum atomic E-state index is -3.16. The van der Waals surface area contributed by atoms with E-state index in [1.165, 1.54) is 0 Å². The van der Waals surface area contributed by atoms with Gasteiger partial charge in [0.1, 0.15) is 11.5 Å². The normalized spacial score (nSPS) is 11.7. The van der Waals surface area contributed by atoms with Gasteiger partial charge >= 0.3 is 0 Å². The Morgan fingerprint density at radius 1 is 1.12 bits per heavy atom. The first-order valence-electron chi connectivity index (χ1n) is 9.05. The Morgan fingerprint density at radius 3 is 2.48 bits per heavy atom. The highest BCUT2D eigenvalue weighted by Gasteiger charge is 2.13. The molecule has 0 atom stereocenters. The van der Waals surface area contributed by atoms with E-state index in [-0.39, 0.29) is 5.75 Å². The van der Waals surface area contributed by atoms with Gasteiger partial charge in [0.25, 0.3) is 0 Å². The highest BCUT2D eigenvalue weighted by Crippen LogP contribution is 2.28. The molecule has 25 heavy (non-hydrogen) atoms. The van der Waals surface area contributed by atoms with E-state index in [1.54, 1.807) is 19.9 Å². The summed E-state index contributed by atoms with van der Waals surface area (Å²) < 4.78 is 31.3. The molecule has 0 radical (unpaired) electrons. The standard InChI is InChI=1S/C18H32N2O4S/c1-4-5-13-24-16-9-10-17(18(21)14-16)19-11-7-6-8-12-20-25(22,23)15(2)3/h9-10,14-15,19-21H,4-8,11-13H2,1-3H3. The average molecular weight is 373 g/mol.